The lowest BCUT2D eigenvalue weighted by atomic mass is 10.2. The van der Waals surface area contributed by atoms with Crippen molar-refractivity contribution in [3.05, 3.63) is 29.8 Å². The molecule has 24 heavy (non-hydrogen) atoms. The lowest BCUT2D eigenvalue weighted by molar-refractivity contribution is 0.352. The van der Waals surface area contributed by atoms with Gasteiger partial charge in [-0.05, 0) is 31.9 Å². The van der Waals surface area contributed by atoms with Crippen molar-refractivity contribution in [1.82, 2.24) is 28.4 Å². The van der Waals surface area contributed by atoms with Crippen molar-refractivity contribution in [3.63, 3.8) is 0 Å². The molecule has 1 aliphatic heterocycles. The van der Waals surface area contributed by atoms with E-state index in [1.54, 1.807) is 25.0 Å². The zero-order chi connectivity index (χ0) is 17.5. The van der Waals surface area contributed by atoms with Crippen molar-refractivity contribution in [3.8, 4) is 11.4 Å². The van der Waals surface area contributed by atoms with Crippen LogP contribution in [0.15, 0.2) is 18.3 Å². The SMILES string of the molecule is Cc1cc(-c2ccnn2C)nc(C2CCCN2S(=O)(=O)N(C)C)n1. The quantitative estimate of drug-likeness (QED) is 0.825. The Morgan fingerprint density at radius 2 is 2.04 bits per heavy atom. The molecular formula is C15H22N6O2S. The molecule has 0 bridgehead atoms. The van der Waals surface area contributed by atoms with Crippen LogP contribution in [0.1, 0.15) is 30.4 Å². The van der Waals surface area contributed by atoms with Gasteiger partial charge in [0.15, 0.2) is 0 Å². The van der Waals surface area contributed by atoms with Crippen LogP contribution >= 0.6 is 0 Å². The molecule has 3 heterocycles. The van der Waals surface area contributed by atoms with Crippen molar-refractivity contribution in [2.45, 2.75) is 25.8 Å². The molecule has 9 heteroatoms. The van der Waals surface area contributed by atoms with Gasteiger partial charge in [0, 0.05) is 39.6 Å². The van der Waals surface area contributed by atoms with Gasteiger partial charge in [-0.2, -0.15) is 22.1 Å². The molecule has 8 nitrogen and oxygen atoms in total. The van der Waals surface area contributed by atoms with Gasteiger partial charge >= 0.3 is 0 Å². The Morgan fingerprint density at radius 3 is 2.67 bits per heavy atom. The van der Waals surface area contributed by atoms with E-state index in [0.29, 0.717) is 12.4 Å². The Morgan fingerprint density at radius 1 is 1.29 bits per heavy atom. The van der Waals surface area contributed by atoms with Gasteiger partial charge in [-0.1, -0.05) is 0 Å². The van der Waals surface area contributed by atoms with Crippen LogP contribution in [0.2, 0.25) is 0 Å². The first-order chi connectivity index (χ1) is 11.3. The Balaban J connectivity index is 2.03. The molecule has 1 unspecified atom stereocenters. The molecule has 0 saturated carbocycles. The van der Waals surface area contributed by atoms with Crippen LogP contribution in [-0.4, -0.2) is 57.4 Å². The Labute approximate surface area is 142 Å². The second-order valence-electron chi connectivity index (χ2n) is 6.15. The van der Waals surface area contributed by atoms with Crippen LogP contribution in [0.3, 0.4) is 0 Å². The van der Waals surface area contributed by atoms with Gasteiger partial charge < -0.3 is 0 Å². The zero-order valence-corrected chi connectivity index (χ0v) is 15.2. The molecule has 1 fully saturated rings. The summed E-state index contributed by atoms with van der Waals surface area (Å²) in [5.74, 6) is 0.550. The summed E-state index contributed by atoms with van der Waals surface area (Å²) < 4.78 is 29.6. The molecule has 2 aromatic rings. The average Bonchev–Trinajstić information content (AvgIpc) is 3.15. The van der Waals surface area contributed by atoms with E-state index in [9.17, 15) is 8.42 Å². The van der Waals surface area contributed by atoms with Gasteiger partial charge in [0.1, 0.15) is 5.82 Å². The number of aryl methyl sites for hydroxylation is 2. The predicted molar refractivity (Wildman–Crippen MR) is 90.3 cm³/mol. The second kappa shape index (κ2) is 6.23. The molecule has 130 valence electrons. The zero-order valence-electron chi connectivity index (χ0n) is 14.3. The fourth-order valence-corrected chi connectivity index (χ4v) is 4.28. The van der Waals surface area contributed by atoms with Crippen molar-refractivity contribution < 1.29 is 8.42 Å². The smallest absolute Gasteiger partial charge is 0.266 e. The highest BCUT2D eigenvalue weighted by molar-refractivity contribution is 7.86. The van der Waals surface area contributed by atoms with E-state index in [1.165, 1.54) is 8.61 Å². The van der Waals surface area contributed by atoms with Crippen LogP contribution in [0, 0.1) is 6.92 Å². The van der Waals surface area contributed by atoms with E-state index >= 15 is 0 Å². The third kappa shape index (κ3) is 2.94. The largest absolute Gasteiger partial charge is 0.282 e. The van der Waals surface area contributed by atoms with E-state index < -0.39 is 10.2 Å². The molecular weight excluding hydrogens is 328 g/mol. The third-order valence-corrected chi connectivity index (χ3v) is 6.17. The molecule has 0 aliphatic carbocycles. The van der Waals surface area contributed by atoms with Crippen molar-refractivity contribution >= 4 is 10.2 Å². The number of hydrogen-bond donors (Lipinski definition) is 0. The minimum atomic E-state index is -3.49. The number of rotatable bonds is 4. The van der Waals surface area contributed by atoms with Gasteiger partial charge in [-0.3, -0.25) is 4.68 Å². The maximum Gasteiger partial charge on any atom is 0.282 e. The first kappa shape index (κ1) is 17.0. The fourth-order valence-electron chi connectivity index (χ4n) is 2.98. The lowest BCUT2D eigenvalue weighted by Gasteiger charge is -2.26. The van der Waals surface area contributed by atoms with E-state index in [0.717, 1.165) is 29.9 Å². The second-order valence-corrected chi connectivity index (χ2v) is 8.25. The highest BCUT2D eigenvalue weighted by Gasteiger charge is 2.38. The van der Waals surface area contributed by atoms with Crippen LogP contribution in [0.25, 0.3) is 11.4 Å². The number of hydrogen-bond acceptors (Lipinski definition) is 5. The maximum absolute atomic E-state index is 12.6. The fraction of sp³-hybridized carbons (Fsp3) is 0.533. The van der Waals surface area contributed by atoms with Gasteiger partial charge in [-0.15, -0.1) is 0 Å². The summed E-state index contributed by atoms with van der Waals surface area (Å²) in [6.45, 7) is 2.38. The Bertz CT molecular complexity index is 845. The molecule has 3 rings (SSSR count). The average molecular weight is 350 g/mol. The molecule has 0 radical (unpaired) electrons. The maximum atomic E-state index is 12.6. The highest BCUT2D eigenvalue weighted by Crippen LogP contribution is 2.34. The first-order valence-electron chi connectivity index (χ1n) is 7.84. The molecule has 0 aromatic carbocycles. The lowest BCUT2D eigenvalue weighted by Crippen LogP contribution is -2.40. The van der Waals surface area contributed by atoms with Crippen LogP contribution in [0.4, 0.5) is 0 Å². The van der Waals surface area contributed by atoms with E-state index in [4.69, 9.17) is 0 Å². The summed E-state index contributed by atoms with van der Waals surface area (Å²) in [5.41, 5.74) is 2.44. The minimum Gasteiger partial charge on any atom is -0.266 e. The molecule has 1 aliphatic rings. The molecule has 2 aromatic heterocycles. The number of nitrogens with zero attached hydrogens (tertiary/aromatic N) is 6. The molecule has 0 N–H and O–H groups in total. The van der Waals surface area contributed by atoms with Crippen LogP contribution in [0.5, 0.6) is 0 Å². The summed E-state index contributed by atoms with van der Waals surface area (Å²) in [6, 6.07) is 3.44. The van der Waals surface area contributed by atoms with Crippen LogP contribution in [-0.2, 0) is 17.3 Å². The van der Waals surface area contributed by atoms with Gasteiger partial charge in [0.25, 0.3) is 10.2 Å². The summed E-state index contributed by atoms with van der Waals surface area (Å²) in [7, 11) is 1.45. The van der Waals surface area contributed by atoms with Gasteiger partial charge in [0.2, 0.25) is 0 Å². The van der Waals surface area contributed by atoms with Gasteiger partial charge in [0.05, 0.1) is 17.4 Å². The molecule has 0 spiro atoms. The van der Waals surface area contributed by atoms with E-state index in [2.05, 4.69) is 15.1 Å². The van der Waals surface area contributed by atoms with E-state index in [1.807, 2.05) is 26.1 Å². The topological polar surface area (TPSA) is 84.2 Å². The summed E-state index contributed by atoms with van der Waals surface area (Å²) in [4.78, 5) is 9.16. The first-order valence-corrected chi connectivity index (χ1v) is 9.23. The summed E-state index contributed by atoms with van der Waals surface area (Å²) in [6.07, 6.45) is 3.24. The Kier molecular flexibility index (Phi) is 4.41. The monoisotopic (exact) mass is 350 g/mol. The molecule has 1 atom stereocenters. The van der Waals surface area contributed by atoms with Crippen molar-refractivity contribution in [1.29, 1.82) is 0 Å². The van der Waals surface area contributed by atoms with Gasteiger partial charge in [-0.25, -0.2) is 9.97 Å². The highest BCUT2D eigenvalue weighted by atomic mass is 32.2. The van der Waals surface area contributed by atoms with Crippen molar-refractivity contribution in [2.75, 3.05) is 20.6 Å². The summed E-state index contributed by atoms with van der Waals surface area (Å²) in [5, 5.41) is 4.17. The standard InChI is InChI=1S/C15H22N6O2S/c1-11-10-12(13-7-8-16-20(13)4)18-15(17-11)14-6-5-9-21(14)24(22,23)19(2)3/h7-8,10,14H,5-6,9H2,1-4H3. The third-order valence-electron chi connectivity index (χ3n) is 4.21. The Hall–Kier alpha value is -1.84. The molecule has 1 saturated heterocycles. The predicted octanol–water partition coefficient (Wildman–Crippen LogP) is 1.13. The number of aromatic nitrogens is 4. The van der Waals surface area contributed by atoms with Crippen LogP contribution < -0.4 is 0 Å². The molecule has 0 amide bonds. The van der Waals surface area contributed by atoms with Crippen molar-refractivity contribution in [2.24, 2.45) is 7.05 Å². The minimum absolute atomic E-state index is 0.329. The van der Waals surface area contributed by atoms with E-state index in [-0.39, 0.29) is 6.04 Å². The normalized spacial score (nSPS) is 19.3. The summed E-state index contributed by atoms with van der Waals surface area (Å²) >= 11 is 0.